The van der Waals surface area contributed by atoms with Crippen LogP contribution in [0.3, 0.4) is 0 Å². The van der Waals surface area contributed by atoms with Crippen LogP contribution >= 0.6 is 11.3 Å². The number of aromatic nitrogens is 2. The second-order valence-corrected chi connectivity index (χ2v) is 8.79. The molecule has 0 unspecified atom stereocenters. The van der Waals surface area contributed by atoms with Gasteiger partial charge in [0.05, 0.1) is 35.5 Å². The number of nitrogens with zero attached hydrogens (tertiary/aromatic N) is 3. The van der Waals surface area contributed by atoms with E-state index in [-0.39, 0.29) is 18.6 Å². The molecule has 1 aliphatic heterocycles. The van der Waals surface area contributed by atoms with Crippen molar-refractivity contribution in [3.05, 3.63) is 60.3 Å². The number of anilines is 1. The lowest BCUT2D eigenvalue weighted by Gasteiger charge is -2.23. The minimum Gasteiger partial charge on any atom is -0.465 e. The standard InChI is InChI=1S/C24H23N3O4S/c1-30-23(29)18-14-26(20-10-4-2-8-17(18)20)15-22(28)27(13-16-7-6-12-31-16)24-25-19-9-3-5-11-21(19)32-24/h2-5,8-11,14,16H,6-7,12-13,15H2,1H3/t16-/m0/s1. The van der Waals surface area contributed by atoms with E-state index in [1.807, 2.05) is 48.5 Å². The van der Waals surface area contributed by atoms with Crippen LogP contribution in [0.4, 0.5) is 5.13 Å². The lowest BCUT2D eigenvalue weighted by atomic mass is 10.2. The summed E-state index contributed by atoms with van der Waals surface area (Å²) in [6.45, 7) is 1.26. The molecule has 0 spiro atoms. The highest BCUT2D eigenvalue weighted by Gasteiger charge is 2.27. The Labute approximate surface area is 189 Å². The number of fused-ring (bicyclic) bond motifs is 2. The van der Waals surface area contributed by atoms with Crippen molar-refractivity contribution < 1.29 is 19.1 Å². The van der Waals surface area contributed by atoms with E-state index in [2.05, 4.69) is 0 Å². The normalized spacial score (nSPS) is 16.0. The summed E-state index contributed by atoms with van der Waals surface area (Å²) in [5.41, 5.74) is 2.13. The molecule has 1 aliphatic rings. The molecule has 4 aromatic rings. The summed E-state index contributed by atoms with van der Waals surface area (Å²) < 4.78 is 13.6. The highest BCUT2D eigenvalue weighted by atomic mass is 32.1. The van der Waals surface area contributed by atoms with Crippen molar-refractivity contribution in [2.45, 2.75) is 25.5 Å². The van der Waals surface area contributed by atoms with E-state index in [1.54, 1.807) is 15.7 Å². The summed E-state index contributed by atoms with van der Waals surface area (Å²) in [6, 6.07) is 15.4. The topological polar surface area (TPSA) is 73.7 Å². The van der Waals surface area contributed by atoms with Crippen LogP contribution in [0.25, 0.3) is 21.1 Å². The second kappa shape index (κ2) is 8.72. The van der Waals surface area contributed by atoms with E-state index < -0.39 is 5.97 Å². The molecule has 32 heavy (non-hydrogen) atoms. The van der Waals surface area contributed by atoms with Crippen molar-refractivity contribution in [2.75, 3.05) is 25.2 Å². The zero-order valence-electron chi connectivity index (χ0n) is 17.7. The molecule has 8 heteroatoms. The van der Waals surface area contributed by atoms with Crippen LogP contribution in [-0.4, -0.2) is 47.8 Å². The number of para-hydroxylation sites is 2. The Morgan fingerprint density at radius 3 is 2.81 bits per heavy atom. The molecule has 7 nitrogen and oxygen atoms in total. The molecule has 5 rings (SSSR count). The first-order chi connectivity index (χ1) is 15.6. The number of ether oxygens (including phenoxy) is 2. The molecule has 1 amide bonds. The van der Waals surface area contributed by atoms with Gasteiger partial charge >= 0.3 is 5.97 Å². The van der Waals surface area contributed by atoms with Gasteiger partial charge in [-0.25, -0.2) is 9.78 Å². The predicted octanol–water partition coefficient (Wildman–Crippen LogP) is 4.25. The van der Waals surface area contributed by atoms with Crippen molar-refractivity contribution in [3.63, 3.8) is 0 Å². The smallest absolute Gasteiger partial charge is 0.340 e. The van der Waals surface area contributed by atoms with Gasteiger partial charge < -0.3 is 14.0 Å². The molecule has 2 aromatic carbocycles. The highest BCUT2D eigenvalue weighted by molar-refractivity contribution is 7.22. The Morgan fingerprint density at radius 2 is 2.03 bits per heavy atom. The Bertz CT molecular complexity index is 1260. The lowest BCUT2D eigenvalue weighted by molar-refractivity contribution is -0.119. The molecule has 1 fully saturated rings. The van der Waals surface area contributed by atoms with Gasteiger partial charge in [-0.3, -0.25) is 9.69 Å². The lowest BCUT2D eigenvalue weighted by Crippen LogP contribution is -2.39. The van der Waals surface area contributed by atoms with E-state index in [0.29, 0.717) is 17.2 Å². The maximum absolute atomic E-state index is 13.6. The van der Waals surface area contributed by atoms with Gasteiger partial charge in [0, 0.05) is 23.7 Å². The molecule has 3 heterocycles. The van der Waals surface area contributed by atoms with Crippen LogP contribution in [0.5, 0.6) is 0 Å². The molecule has 164 valence electrons. The Morgan fingerprint density at radius 1 is 1.22 bits per heavy atom. The Balaban J connectivity index is 1.49. The fraction of sp³-hybridized carbons (Fsp3) is 0.292. The summed E-state index contributed by atoms with van der Waals surface area (Å²) in [5, 5.41) is 1.43. The molecule has 0 bridgehead atoms. The average molecular weight is 450 g/mol. The Hall–Kier alpha value is -3.23. The Kier molecular flexibility index (Phi) is 5.63. The fourth-order valence-electron chi connectivity index (χ4n) is 4.14. The number of carbonyl (C=O) groups is 2. The molecule has 0 aliphatic carbocycles. The zero-order valence-corrected chi connectivity index (χ0v) is 18.5. The second-order valence-electron chi connectivity index (χ2n) is 7.78. The van der Waals surface area contributed by atoms with E-state index in [1.165, 1.54) is 18.4 Å². The first-order valence-electron chi connectivity index (χ1n) is 10.6. The summed E-state index contributed by atoms with van der Waals surface area (Å²) >= 11 is 1.50. The highest BCUT2D eigenvalue weighted by Crippen LogP contribution is 2.30. The number of esters is 1. The molecule has 0 saturated carbocycles. The number of benzene rings is 2. The summed E-state index contributed by atoms with van der Waals surface area (Å²) in [6.07, 6.45) is 3.61. The molecular formula is C24H23N3O4S. The number of thiazole rings is 1. The van der Waals surface area contributed by atoms with Crippen LogP contribution in [0.1, 0.15) is 23.2 Å². The van der Waals surface area contributed by atoms with Gasteiger partial charge in [0.25, 0.3) is 0 Å². The van der Waals surface area contributed by atoms with Crippen molar-refractivity contribution >= 4 is 49.5 Å². The number of methoxy groups -OCH3 is 1. The minimum absolute atomic E-state index is 0.00185. The predicted molar refractivity (Wildman–Crippen MR) is 124 cm³/mol. The van der Waals surface area contributed by atoms with E-state index in [0.717, 1.165) is 40.6 Å². The average Bonchev–Trinajstić information content (AvgIpc) is 3.55. The quantitative estimate of drug-likeness (QED) is 0.412. The summed E-state index contributed by atoms with van der Waals surface area (Å²) in [4.78, 5) is 32.3. The summed E-state index contributed by atoms with van der Waals surface area (Å²) in [5.74, 6) is -0.522. The number of rotatable bonds is 6. The van der Waals surface area contributed by atoms with Crippen LogP contribution in [0.2, 0.25) is 0 Å². The number of carbonyl (C=O) groups excluding carboxylic acids is 2. The molecule has 1 saturated heterocycles. The third-order valence-electron chi connectivity index (χ3n) is 5.72. The van der Waals surface area contributed by atoms with Gasteiger partial charge in [0.2, 0.25) is 5.91 Å². The molecular weight excluding hydrogens is 426 g/mol. The van der Waals surface area contributed by atoms with E-state index in [4.69, 9.17) is 14.5 Å². The van der Waals surface area contributed by atoms with Gasteiger partial charge in [-0.2, -0.15) is 0 Å². The minimum atomic E-state index is -0.421. The van der Waals surface area contributed by atoms with E-state index in [9.17, 15) is 9.59 Å². The van der Waals surface area contributed by atoms with Crippen molar-refractivity contribution in [3.8, 4) is 0 Å². The van der Waals surface area contributed by atoms with Gasteiger partial charge in [-0.05, 0) is 31.0 Å². The zero-order chi connectivity index (χ0) is 22.1. The van der Waals surface area contributed by atoms with Crippen molar-refractivity contribution in [1.82, 2.24) is 9.55 Å². The monoisotopic (exact) mass is 449 g/mol. The molecule has 0 N–H and O–H groups in total. The van der Waals surface area contributed by atoms with Gasteiger partial charge in [-0.1, -0.05) is 41.7 Å². The van der Waals surface area contributed by atoms with Crippen LogP contribution in [-0.2, 0) is 20.8 Å². The van der Waals surface area contributed by atoms with Crippen molar-refractivity contribution in [2.24, 2.45) is 0 Å². The molecule has 0 radical (unpaired) electrons. The first kappa shape index (κ1) is 20.7. The van der Waals surface area contributed by atoms with Crippen LogP contribution in [0.15, 0.2) is 54.7 Å². The number of hydrogen-bond donors (Lipinski definition) is 0. The maximum Gasteiger partial charge on any atom is 0.340 e. The fourth-order valence-corrected chi connectivity index (χ4v) is 5.13. The first-order valence-corrected chi connectivity index (χ1v) is 11.4. The van der Waals surface area contributed by atoms with Gasteiger partial charge in [0.1, 0.15) is 6.54 Å². The molecule has 2 aromatic heterocycles. The largest absolute Gasteiger partial charge is 0.465 e. The third-order valence-corrected chi connectivity index (χ3v) is 6.78. The van der Waals surface area contributed by atoms with Crippen LogP contribution in [0, 0.1) is 0 Å². The van der Waals surface area contributed by atoms with Crippen LogP contribution < -0.4 is 4.90 Å². The number of amides is 1. The van der Waals surface area contributed by atoms with E-state index >= 15 is 0 Å². The van der Waals surface area contributed by atoms with Crippen molar-refractivity contribution in [1.29, 1.82) is 0 Å². The maximum atomic E-state index is 13.6. The van der Waals surface area contributed by atoms with Gasteiger partial charge in [0.15, 0.2) is 5.13 Å². The number of hydrogen-bond acceptors (Lipinski definition) is 6. The molecule has 1 atom stereocenters. The third kappa shape index (κ3) is 3.87. The SMILES string of the molecule is COC(=O)c1cn(CC(=O)N(C[C@@H]2CCCO2)c2nc3ccccc3s2)c2ccccc12. The van der Waals surface area contributed by atoms with Gasteiger partial charge in [-0.15, -0.1) is 0 Å². The summed E-state index contributed by atoms with van der Waals surface area (Å²) in [7, 11) is 1.36.